The maximum absolute atomic E-state index is 12.4. The molecule has 0 aliphatic heterocycles. The van der Waals surface area contributed by atoms with Gasteiger partial charge in [-0.15, -0.1) is 0 Å². The summed E-state index contributed by atoms with van der Waals surface area (Å²) in [6, 6.07) is 0. The lowest BCUT2D eigenvalue weighted by atomic mass is 10.0. The predicted molar refractivity (Wildman–Crippen MR) is 207 cm³/mol. The highest BCUT2D eigenvalue weighted by atomic mass is 31.2. The molecule has 0 aliphatic carbocycles. The Balaban J connectivity index is 3.97. The molecule has 0 heterocycles. The van der Waals surface area contributed by atoms with Crippen LogP contribution in [0, 0.1) is 0 Å². The van der Waals surface area contributed by atoms with Crippen LogP contribution in [-0.4, -0.2) is 41.0 Å². The molecule has 292 valence electrons. The molecule has 0 spiro atoms. The molecule has 2 N–H and O–H groups in total. The molecule has 0 radical (unpaired) electrons. The van der Waals surface area contributed by atoms with Crippen LogP contribution < -0.4 is 0 Å². The van der Waals surface area contributed by atoms with Crippen LogP contribution in [0.5, 0.6) is 0 Å². The fourth-order valence-corrected chi connectivity index (χ4v) is 5.98. The number of esters is 2. The zero-order valence-electron chi connectivity index (χ0n) is 32.0. The maximum Gasteiger partial charge on any atom is 0.469 e. The van der Waals surface area contributed by atoms with Gasteiger partial charge in [-0.1, -0.05) is 166 Å². The molecule has 0 bridgehead atoms. The number of ether oxygens (including phenoxy) is 2. The Morgan fingerprint density at radius 1 is 0.520 bits per heavy atom. The van der Waals surface area contributed by atoms with E-state index in [1.807, 2.05) is 0 Å². The van der Waals surface area contributed by atoms with Crippen molar-refractivity contribution >= 4 is 19.8 Å². The van der Waals surface area contributed by atoms with Gasteiger partial charge in [-0.25, -0.2) is 4.57 Å². The van der Waals surface area contributed by atoms with Crippen LogP contribution in [-0.2, 0) is 28.2 Å². The van der Waals surface area contributed by atoms with Gasteiger partial charge in [0.25, 0.3) is 0 Å². The van der Waals surface area contributed by atoms with Gasteiger partial charge in [0.1, 0.15) is 6.61 Å². The Hall–Kier alpha value is -1.73. The van der Waals surface area contributed by atoms with E-state index in [-0.39, 0.29) is 19.4 Å². The van der Waals surface area contributed by atoms with E-state index < -0.39 is 32.5 Å². The van der Waals surface area contributed by atoms with E-state index in [9.17, 15) is 14.2 Å². The zero-order chi connectivity index (χ0) is 36.8. The number of hydrogen-bond acceptors (Lipinski definition) is 6. The Bertz CT molecular complexity index is 910. The molecule has 0 unspecified atom stereocenters. The molecule has 9 heteroatoms. The second-order valence-electron chi connectivity index (χ2n) is 13.6. The van der Waals surface area contributed by atoms with E-state index in [0.717, 1.165) is 57.8 Å². The van der Waals surface area contributed by atoms with Crippen molar-refractivity contribution in [3.8, 4) is 0 Å². The average Bonchev–Trinajstić information content (AvgIpc) is 3.08. The molecule has 0 saturated heterocycles. The summed E-state index contributed by atoms with van der Waals surface area (Å²) in [5.74, 6) is -0.905. The molecule has 0 aromatic heterocycles. The number of carbonyl (C=O) groups is 2. The number of phosphoric acid groups is 1. The van der Waals surface area contributed by atoms with Crippen LogP contribution >= 0.6 is 7.82 Å². The monoisotopic (exact) mass is 727 g/mol. The lowest BCUT2D eigenvalue weighted by Gasteiger charge is -2.18. The molecule has 0 saturated carbocycles. The zero-order valence-corrected chi connectivity index (χ0v) is 32.9. The first kappa shape index (κ1) is 48.3. The van der Waals surface area contributed by atoms with Gasteiger partial charge in [-0.2, -0.15) is 0 Å². The Morgan fingerprint density at radius 2 is 0.900 bits per heavy atom. The van der Waals surface area contributed by atoms with E-state index in [1.54, 1.807) is 0 Å². The second kappa shape index (κ2) is 37.0. The summed E-state index contributed by atoms with van der Waals surface area (Å²) in [6.45, 7) is 3.64. The SMILES string of the molecule is CCCCC/C=C\C/C=C\C/C=C\CCCCCCC(=O)OC[C@H](COP(=O)(O)O)OC(=O)CCCCCCCCCCCCCCCCC. The van der Waals surface area contributed by atoms with Crippen LogP contribution in [0.4, 0.5) is 0 Å². The van der Waals surface area contributed by atoms with Crippen LogP contribution in [0.2, 0.25) is 0 Å². The van der Waals surface area contributed by atoms with Gasteiger partial charge in [0, 0.05) is 12.8 Å². The molecule has 0 aromatic rings. The third kappa shape index (κ3) is 39.1. The van der Waals surface area contributed by atoms with Crippen LogP contribution in [0.25, 0.3) is 0 Å². The predicted octanol–water partition coefficient (Wildman–Crippen LogP) is 12.2. The highest BCUT2D eigenvalue weighted by Crippen LogP contribution is 2.36. The van der Waals surface area contributed by atoms with E-state index in [0.29, 0.717) is 12.8 Å². The van der Waals surface area contributed by atoms with Gasteiger partial charge < -0.3 is 19.3 Å². The van der Waals surface area contributed by atoms with Gasteiger partial charge in [-0.3, -0.25) is 14.1 Å². The molecule has 0 fully saturated rings. The molecule has 8 nitrogen and oxygen atoms in total. The van der Waals surface area contributed by atoms with Crippen molar-refractivity contribution < 1.29 is 37.9 Å². The lowest BCUT2D eigenvalue weighted by molar-refractivity contribution is -0.161. The van der Waals surface area contributed by atoms with Gasteiger partial charge in [0.15, 0.2) is 6.10 Å². The summed E-state index contributed by atoms with van der Waals surface area (Å²) in [4.78, 5) is 42.8. The standard InChI is InChI=1S/C41H75O8P/c1-3-5-7-9-11-13-15-17-19-20-22-23-25-27-29-31-33-35-40(42)47-37-39(38-48-50(44,45)46)49-41(43)36-34-32-30-28-26-24-21-18-16-14-12-10-8-6-4-2/h11,13,17,19,22-23,39H,3-10,12,14-16,18,20-21,24-38H2,1-2H3,(H2,44,45,46)/b13-11-,19-17-,23-22-/t39-/m1/s1. The lowest BCUT2D eigenvalue weighted by Crippen LogP contribution is -2.29. The van der Waals surface area contributed by atoms with Crippen LogP contribution in [0.1, 0.15) is 194 Å². The van der Waals surface area contributed by atoms with Gasteiger partial charge in [0.05, 0.1) is 6.61 Å². The number of allylic oxidation sites excluding steroid dienone is 6. The Morgan fingerprint density at radius 3 is 1.38 bits per heavy atom. The second-order valence-corrected chi connectivity index (χ2v) is 14.9. The number of phosphoric ester groups is 1. The molecular formula is C41H75O8P. The summed E-state index contributed by atoms with van der Waals surface area (Å²) >= 11 is 0. The number of hydrogen-bond donors (Lipinski definition) is 2. The summed E-state index contributed by atoms with van der Waals surface area (Å²) < 4.78 is 26.3. The van der Waals surface area contributed by atoms with E-state index in [4.69, 9.17) is 19.3 Å². The maximum atomic E-state index is 12.4. The van der Waals surface area contributed by atoms with Crippen molar-refractivity contribution in [2.24, 2.45) is 0 Å². The molecule has 1 atom stereocenters. The quantitative estimate of drug-likeness (QED) is 0.0281. The number of carbonyl (C=O) groups excluding carboxylic acids is 2. The first-order valence-corrected chi connectivity index (χ1v) is 21.8. The van der Waals surface area contributed by atoms with E-state index in [2.05, 4.69) is 54.8 Å². The first-order valence-electron chi connectivity index (χ1n) is 20.3. The molecule has 0 aromatic carbocycles. The molecule has 0 aliphatic rings. The van der Waals surface area contributed by atoms with Crippen molar-refractivity contribution in [1.82, 2.24) is 0 Å². The minimum Gasteiger partial charge on any atom is -0.462 e. The first-order chi connectivity index (χ1) is 24.3. The molecule has 50 heavy (non-hydrogen) atoms. The minimum absolute atomic E-state index is 0.210. The largest absolute Gasteiger partial charge is 0.469 e. The third-order valence-electron chi connectivity index (χ3n) is 8.66. The summed E-state index contributed by atoms with van der Waals surface area (Å²) in [7, 11) is -4.75. The van der Waals surface area contributed by atoms with Crippen molar-refractivity contribution in [3.63, 3.8) is 0 Å². The van der Waals surface area contributed by atoms with Crippen LogP contribution in [0.15, 0.2) is 36.5 Å². The summed E-state index contributed by atoms with van der Waals surface area (Å²) in [5.41, 5.74) is 0. The topological polar surface area (TPSA) is 119 Å². The fourth-order valence-electron chi connectivity index (χ4n) is 5.61. The normalized spacial score (nSPS) is 12.8. The molecule has 0 amide bonds. The van der Waals surface area contributed by atoms with Gasteiger partial charge >= 0.3 is 19.8 Å². The van der Waals surface area contributed by atoms with Crippen molar-refractivity contribution in [3.05, 3.63) is 36.5 Å². The smallest absolute Gasteiger partial charge is 0.462 e. The highest BCUT2D eigenvalue weighted by molar-refractivity contribution is 7.46. The number of unbranched alkanes of at least 4 members (excludes halogenated alkanes) is 21. The summed E-state index contributed by atoms with van der Waals surface area (Å²) in [6.07, 6.45) is 42.9. The molecule has 0 rings (SSSR count). The number of rotatable bonds is 37. The Labute approximate surface area is 306 Å². The van der Waals surface area contributed by atoms with Crippen LogP contribution in [0.3, 0.4) is 0 Å². The van der Waals surface area contributed by atoms with Crippen molar-refractivity contribution in [1.29, 1.82) is 0 Å². The highest BCUT2D eigenvalue weighted by Gasteiger charge is 2.22. The van der Waals surface area contributed by atoms with E-state index >= 15 is 0 Å². The van der Waals surface area contributed by atoms with Crippen molar-refractivity contribution in [2.45, 2.75) is 200 Å². The van der Waals surface area contributed by atoms with Gasteiger partial charge in [-0.05, 0) is 51.4 Å². The third-order valence-corrected chi connectivity index (χ3v) is 9.15. The van der Waals surface area contributed by atoms with E-state index in [1.165, 1.54) is 96.3 Å². The summed E-state index contributed by atoms with van der Waals surface area (Å²) in [5, 5.41) is 0. The fraction of sp³-hybridized carbons (Fsp3) is 0.805. The Kier molecular flexibility index (Phi) is 35.8. The van der Waals surface area contributed by atoms with Gasteiger partial charge in [0.2, 0.25) is 0 Å². The molecular weight excluding hydrogens is 651 g/mol. The van der Waals surface area contributed by atoms with Crippen molar-refractivity contribution in [2.75, 3.05) is 13.2 Å². The average molecular weight is 727 g/mol. The minimum atomic E-state index is -4.75.